The lowest BCUT2D eigenvalue weighted by Gasteiger charge is -2.04. The first kappa shape index (κ1) is 12.2. The topological polar surface area (TPSA) is 86.9 Å². The summed E-state index contributed by atoms with van der Waals surface area (Å²) in [6, 6.07) is 0. The fourth-order valence-corrected chi connectivity index (χ4v) is 1.20. The van der Waals surface area contributed by atoms with Crippen molar-refractivity contribution in [2.75, 3.05) is 13.1 Å². The fraction of sp³-hybridized carbons (Fsp3) is 0.500. The summed E-state index contributed by atoms with van der Waals surface area (Å²) in [5.74, 6) is -0.182. The van der Waals surface area contributed by atoms with Gasteiger partial charge >= 0.3 is 0 Å². The predicted octanol–water partition coefficient (Wildman–Crippen LogP) is -0.405. The van der Waals surface area contributed by atoms with Crippen LogP contribution in [-0.4, -0.2) is 34.9 Å². The van der Waals surface area contributed by atoms with Crippen LogP contribution in [0.3, 0.4) is 0 Å². The van der Waals surface area contributed by atoms with E-state index in [2.05, 4.69) is 20.6 Å². The number of hydrogen-bond donors (Lipinski definition) is 3. The average Bonchev–Trinajstić information content (AvgIpc) is 2.70. The molecule has 0 bridgehead atoms. The molecule has 0 atom stereocenters. The maximum Gasteiger partial charge on any atom is 0.221 e. The Balaban J connectivity index is 2.04. The molecule has 0 aromatic carbocycles. The summed E-state index contributed by atoms with van der Waals surface area (Å²) in [6.07, 6.45) is 4.37. The fourth-order valence-electron chi connectivity index (χ4n) is 1.20. The van der Waals surface area contributed by atoms with Gasteiger partial charge in [0.1, 0.15) is 0 Å². The summed E-state index contributed by atoms with van der Waals surface area (Å²) in [4.78, 5) is 28.6. The summed E-state index contributed by atoms with van der Waals surface area (Å²) in [7, 11) is 0. The van der Waals surface area contributed by atoms with Crippen LogP contribution in [0, 0.1) is 0 Å². The van der Waals surface area contributed by atoms with E-state index in [4.69, 9.17) is 0 Å². The van der Waals surface area contributed by atoms with Crippen molar-refractivity contribution in [1.29, 1.82) is 0 Å². The van der Waals surface area contributed by atoms with E-state index in [1.807, 2.05) is 0 Å². The number of aromatic amines is 1. The molecule has 0 aliphatic heterocycles. The number of nitrogens with zero attached hydrogens (tertiary/aromatic N) is 1. The smallest absolute Gasteiger partial charge is 0.221 e. The Morgan fingerprint density at radius 1 is 1.38 bits per heavy atom. The van der Waals surface area contributed by atoms with Crippen molar-refractivity contribution >= 4 is 11.8 Å². The first-order valence-electron chi connectivity index (χ1n) is 5.17. The van der Waals surface area contributed by atoms with Crippen molar-refractivity contribution in [2.45, 2.75) is 19.8 Å². The molecule has 0 unspecified atom stereocenters. The molecule has 0 aliphatic rings. The molecule has 1 aromatic heterocycles. The maximum absolute atomic E-state index is 11.3. The zero-order chi connectivity index (χ0) is 11.8. The highest BCUT2D eigenvalue weighted by Crippen LogP contribution is 1.90. The maximum atomic E-state index is 11.3. The quantitative estimate of drug-likeness (QED) is 0.614. The number of nitrogens with one attached hydrogen (secondary N) is 3. The van der Waals surface area contributed by atoms with Gasteiger partial charge in [-0.25, -0.2) is 4.98 Å². The Bertz CT molecular complexity index is 335. The van der Waals surface area contributed by atoms with Gasteiger partial charge in [-0.15, -0.1) is 0 Å². The molecule has 88 valence electrons. The van der Waals surface area contributed by atoms with E-state index in [1.165, 1.54) is 6.92 Å². The van der Waals surface area contributed by atoms with Gasteiger partial charge in [-0.2, -0.15) is 0 Å². The second kappa shape index (κ2) is 6.60. The number of hydrogen-bond acceptors (Lipinski definition) is 3. The van der Waals surface area contributed by atoms with Crippen LogP contribution in [0.1, 0.15) is 19.0 Å². The summed E-state index contributed by atoms with van der Waals surface area (Å²) in [6.45, 7) is 2.38. The second-order valence-electron chi connectivity index (χ2n) is 3.41. The summed E-state index contributed by atoms with van der Waals surface area (Å²) >= 11 is 0. The van der Waals surface area contributed by atoms with E-state index in [0.29, 0.717) is 19.5 Å². The molecule has 2 amide bonds. The number of rotatable bonds is 6. The van der Waals surface area contributed by atoms with Crippen LogP contribution in [0.25, 0.3) is 0 Å². The number of aromatic nitrogens is 2. The highest BCUT2D eigenvalue weighted by Gasteiger charge is 2.01. The van der Waals surface area contributed by atoms with Crippen LogP contribution in [0.15, 0.2) is 12.5 Å². The second-order valence-corrected chi connectivity index (χ2v) is 3.41. The van der Waals surface area contributed by atoms with E-state index >= 15 is 0 Å². The lowest BCUT2D eigenvalue weighted by atomic mass is 10.3. The molecule has 0 aliphatic carbocycles. The van der Waals surface area contributed by atoms with Gasteiger partial charge in [-0.1, -0.05) is 0 Å². The Hall–Kier alpha value is -1.85. The van der Waals surface area contributed by atoms with Gasteiger partial charge < -0.3 is 15.6 Å². The van der Waals surface area contributed by atoms with Gasteiger partial charge in [0.2, 0.25) is 11.8 Å². The van der Waals surface area contributed by atoms with E-state index < -0.39 is 0 Å². The first-order chi connectivity index (χ1) is 7.68. The summed E-state index contributed by atoms with van der Waals surface area (Å²) < 4.78 is 0. The molecule has 16 heavy (non-hydrogen) atoms. The minimum atomic E-state index is -0.120. The molecular weight excluding hydrogens is 208 g/mol. The van der Waals surface area contributed by atoms with Crippen LogP contribution in [0.5, 0.6) is 0 Å². The van der Waals surface area contributed by atoms with E-state index in [9.17, 15) is 9.59 Å². The van der Waals surface area contributed by atoms with E-state index in [1.54, 1.807) is 12.5 Å². The van der Waals surface area contributed by atoms with Crippen molar-refractivity contribution in [3.05, 3.63) is 18.2 Å². The largest absolute Gasteiger partial charge is 0.356 e. The van der Waals surface area contributed by atoms with Crippen molar-refractivity contribution in [1.82, 2.24) is 20.6 Å². The third-order valence-electron chi connectivity index (χ3n) is 2.00. The van der Waals surface area contributed by atoms with Crippen LogP contribution in [0.4, 0.5) is 0 Å². The van der Waals surface area contributed by atoms with Crippen molar-refractivity contribution in [2.24, 2.45) is 0 Å². The molecule has 0 fully saturated rings. The number of carbonyl (C=O) groups is 2. The van der Waals surface area contributed by atoms with Crippen LogP contribution in [0.2, 0.25) is 0 Å². The van der Waals surface area contributed by atoms with E-state index in [0.717, 1.165) is 12.1 Å². The number of imidazole rings is 1. The van der Waals surface area contributed by atoms with Crippen molar-refractivity contribution in [3.63, 3.8) is 0 Å². The third-order valence-corrected chi connectivity index (χ3v) is 2.00. The Morgan fingerprint density at radius 3 is 2.81 bits per heavy atom. The highest BCUT2D eigenvalue weighted by molar-refractivity contribution is 5.77. The number of carbonyl (C=O) groups excluding carboxylic acids is 2. The molecule has 3 N–H and O–H groups in total. The number of amides is 2. The lowest BCUT2D eigenvalue weighted by Crippen LogP contribution is -2.30. The molecule has 0 saturated carbocycles. The Labute approximate surface area is 93.8 Å². The molecule has 6 heteroatoms. The van der Waals surface area contributed by atoms with Crippen LogP contribution >= 0.6 is 0 Å². The predicted molar refractivity (Wildman–Crippen MR) is 58.6 cm³/mol. The van der Waals surface area contributed by atoms with Gasteiger partial charge in [0.15, 0.2) is 0 Å². The zero-order valence-corrected chi connectivity index (χ0v) is 9.25. The monoisotopic (exact) mass is 224 g/mol. The van der Waals surface area contributed by atoms with Gasteiger partial charge in [0.25, 0.3) is 0 Å². The van der Waals surface area contributed by atoms with Gasteiger partial charge in [0, 0.05) is 44.7 Å². The van der Waals surface area contributed by atoms with Gasteiger partial charge in [-0.05, 0) is 0 Å². The molecule has 0 saturated heterocycles. The third kappa shape index (κ3) is 5.14. The summed E-state index contributed by atoms with van der Waals surface area (Å²) in [5, 5.41) is 5.32. The zero-order valence-electron chi connectivity index (χ0n) is 9.25. The van der Waals surface area contributed by atoms with E-state index in [-0.39, 0.29) is 11.8 Å². The standard InChI is InChI=1S/C10H16N4O2/c1-8(15)12-5-3-10(16)13-4-2-9-6-11-7-14-9/h6-7H,2-5H2,1H3,(H,11,14)(H,12,15)(H,13,16). The highest BCUT2D eigenvalue weighted by atomic mass is 16.2. The SMILES string of the molecule is CC(=O)NCCC(=O)NCCc1cnc[nH]1. The molecule has 6 nitrogen and oxygen atoms in total. The lowest BCUT2D eigenvalue weighted by molar-refractivity contribution is -0.121. The average molecular weight is 224 g/mol. The molecular formula is C10H16N4O2. The van der Waals surface area contributed by atoms with Crippen LogP contribution < -0.4 is 10.6 Å². The summed E-state index contributed by atoms with van der Waals surface area (Å²) in [5.41, 5.74) is 0.988. The van der Waals surface area contributed by atoms with Crippen LogP contribution in [-0.2, 0) is 16.0 Å². The Kier molecular flexibility index (Phi) is 5.04. The molecule has 0 spiro atoms. The molecule has 1 rings (SSSR count). The minimum absolute atomic E-state index is 0.0618. The number of H-pyrrole nitrogens is 1. The molecule has 1 heterocycles. The first-order valence-corrected chi connectivity index (χ1v) is 5.17. The van der Waals surface area contributed by atoms with Gasteiger partial charge in [0.05, 0.1) is 6.33 Å². The minimum Gasteiger partial charge on any atom is -0.356 e. The van der Waals surface area contributed by atoms with Crippen molar-refractivity contribution < 1.29 is 9.59 Å². The van der Waals surface area contributed by atoms with Gasteiger partial charge in [-0.3, -0.25) is 9.59 Å². The molecule has 0 radical (unpaired) electrons. The Morgan fingerprint density at radius 2 is 2.19 bits per heavy atom. The normalized spacial score (nSPS) is 9.81. The molecule has 1 aromatic rings. The van der Waals surface area contributed by atoms with Crippen molar-refractivity contribution in [3.8, 4) is 0 Å².